The molecule has 0 atom stereocenters. The van der Waals surface area contributed by atoms with Crippen LogP contribution in [0.5, 0.6) is 0 Å². The van der Waals surface area contributed by atoms with Crippen LogP contribution in [0.4, 0.5) is 5.69 Å². The fraction of sp³-hybridized carbons (Fsp3) is 0.429. The van der Waals surface area contributed by atoms with Gasteiger partial charge in [-0.2, -0.15) is 0 Å². The molecule has 0 aromatic heterocycles. The lowest BCUT2D eigenvalue weighted by atomic mass is 10.1. The summed E-state index contributed by atoms with van der Waals surface area (Å²) >= 11 is 0. The average molecular weight is 264 g/mol. The highest BCUT2D eigenvalue weighted by molar-refractivity contribution is 5.92. The van der Waals surface area contributed by atoms with Gasteiger partial charge < -0.3 is 15.8 Å². The Hall–Kier alpha value is -2.04. The van der Waals surface area contributed by atoms with Gasteiger partial charge in [0.25, 0.3) is 5.91 Å². The normalized spacial score (nSPS) is 10.9. The van der Waals surface area contributed by atoms with E-state index in [0.717, 1.165) is 5.56 Å². The van der Waals surface area contributed by atoms with Gasteiger partial charge in [0.15, 0.2) is 6.61 Å². The number of nitrogens with one attached hydrogen (secondary N) is 1. The summed E-state index contributed by atoms with van der Waals surface area (Å²) in [5.41, 5.74) is 7.12. The number of anilines is 1. The molecule has 0 aliphatic rings. The maximum atomic E-state index is 11.7. The van der Waals surface area contributed by atoms with Crippen molar-refractivity contribution >= 4 is 17.6 Å². The molecule has 3 N–H and O–H groups in total. The Balaban J connectivity index is 2.56. The Kier molecular flexibility index (Phi) is 4.53. The molecule has 5 heteroatoms. The second kappa shape index (κ2) is 5.73. The fourth-order valence-electron chi connectivity index (χ4n) is 1.47. The highest BCUT2D eigenvalue weighted by Crippen LogP contribution is 2.13. The second-order valence-corrected chi connectivity index (χ2v) is 5.45. The molecule has 104 valence electrons. The fourth-order valence-corrected chi connectivity index (χ4v) is 1.47. The highest BCUT2D eigenvalue weighted by Gasteiger charge is 2.16. The standard InChI is InChI=1S/C14H20N2O3/c1-9-7-10(5-6-11(9)15)13(18)19-8-12(17)16-14(2,3)4/h5-7H,8,15H2,1-4H3,(H,16,17). The summed E-state index contributed by atoms with van der Waals surface area (Å²) < 4.78 is 4.94. The number of nitrogen functional groups attached to an aromatic ring is 1. The van der Waals surface area contributed by atoms with Crippen LogP contribution in [0.15, 0.2) is 18.2 Å². The molecule has 1 rings (SSSR count). The molecule has 1 aromatic rings. The first kappa shape index (κ1) is 15.0. The molecule has 0 spiro atoms. The summed E-state index contributed by atoms with van der Waals surface area (Å²) in [5.74, 6) is -0.861. The van der Waals surface area contributed by atoms with Crippen molar-refractivity contribution in [1.29, 1.82) is 0 Å². The number of nitrogens with two attached hydrogens (primary N) is 1. The van der Waals surface area contributed by atoms with Crippen molar-refractivity contribution in [2.75, 3.05) is 12.3 Å². The van der Waals surface area contributed by atoms with Crippen LogP contribution in [0.25, 0.3) is 0 Å². The summed E-state index contributed by atoms with van der Waals surface area (Å²) in [6.07, 6.45) is 0. The lowest BCUT2D eigenvalue weighted by Gasteiger charge is -2.20. The minimum Gasteiger partial charge on any atom is -0.452 e. The van der Waals surface area contributed by atoms with Gasteiger partial charge in [0.05, 0.1) is 5.56 Å². The van der Waals surface area contributed by atoms with Gasteiger partial charge in [0, 0.05) is 11.2 Å². The molecule has 5 nitrogen and oxygen atoms in total. The number of aryl methyl sites for hydroxylation is 1. The first-order valence-electron chi connectivity index (χ1n) is 6.03. The van der Waals surface area contributed by atoms with E-state index < -0.39 is 5.97 Å². The predicted octanol–water partition coefficient (Wildman–Crippen LogP) is 1.65. The second-order valence-electron chi connectivity index (χ2n) is 5.45. The number of carbonyl (C=O) groups is 2. The number of amides is 1. The average Bonchev–Trinajstić information content (AvgIpc) is 2.27. The van der Waals surface area contributed by atoms with Crippen LogP contribution in [0, 0.1) is 6.92 Å². The first-order chi connectivity index (χ1) is 8.69. The van der Waals surface area contributed by atoms with Crippen LogP contribution in [0.2, 0.25) is 0 Å². The highest BCUT2D eigenvalue weighted by atomic mass is 16.5. The number of benzene rings is 1. The van der Waals surface area contributed by atoms with Crippen LogP contribution < -0.4 is 11.1 Å². The number of carbonyl (C=O) groups excluding carboxylic acids is 2. The summed E-state index contributed by atoms with van der Waals surface area (Å²) in [6.45, 7) is 7.08. The van der Waals surface area contributed by atoms with Crippen molar-refractivity contribution in [3.8, 4) is 0 Å². The zero-order chi connectivity index (χ0) is 14.6. The first-order valence-corrected chi connectivity index (χ1v) is 6.03. The van der Waals surface area contributed by atoms with Crippen molar-refractivity contribution in [2.45, 2.75) is 33.2 Å². The van der Waals surface area contributed by atoms with Gasteiger partial charge in [-0.1, -0.05) is 0 Å². The van der Waals surface area contributed by atoms with E-state index in [1.807, 2.05) is 20.8 Å². The van der Waals surface area contributed by atoms with Crippen molar-refractivity contribution in [3.05, 3.63) is 29.3 Å². The number of esters is 1. The molecular formula is C14H20N2O3. The SMILES string of the molecule is Cc1cc(C(=O)OCC(=O)NC(C)(C)C)ccc1N. The van der Waals surface area contributed by atoms with Gasteiger partial charge in [0.2, 0.25) is 0 Å². The number of hydrogen-bond acceptors (Lipinski definition) is 4. The van der Waals surface area contributed by atoms with Crippen LogP contribution in [0.3, 0.4) is 0 Å². The predicted molar refractivity (Wildman–Crippen MR) is 73.8 cm³/mol. The number of hydrogen-bond donors (Lipinski definition) is 2. The van der Waals surface area contributed by atoms with Crippen molar-refractivity contribution in [1.82, 2.24) is 5.32 Å². The maximum absolute atomic E-state index is 11.7. The summed E-state index contributed by atoms with van der Waals surface area (Å²) in [5, 5.41) is 2.71. The Morgan fingerprint density at radius 2 is 1.95 bits per heavy atom. The van der Waals surface area contributed by atoms with E-state index in [9.17, 15) is 9.59 Å². The summed E-state index contributed by atoms with van der Waals surface area (Å²) in [7, 11) is 0. The number of rotatable bonds is 3. The molecule has 0 saturated heterocycles. The minimum atomic E-state index is -0.535. The lowest BCUT2D eigenvalue weighted by Crippen LogP contribution is -2.42. The zero-order valence-corrected chi connectivity index (χ0v) is 11.7. The van der Waals surface area contributed by atoms with E-state index in [-0.39, 0.29) is 18.1 Å². The van der Waals surface area contributed by atoms with E-state index in [0.29, 0.717) is 11.3 Å². The molecule has 0 bridgehead atoms. The molecule has 0 radical (unpaired) electrons. The molecule has 0 unspecified atom stereocenters. The monoisotopic (exact) mass is 264 g/mol. The van der Waals surface area contributed by atoms with E-state index in [1.54, 1.807) is 25.1 Å². The molecule has 0 aliphatic heterocycles. The van der Waals surface area contributed by atoms with Gasteiger partial charge in [-0.3, -0.25) is 4.79 Å². The Morgan fingerprint density at radius 3 is 2.47 bits per heavy atom. The molecule has 0 fully saturated rings. The summed E-state index contributed by atoms with van der Waals surface area (Å²) in [6, 6.07) is 4.85. The quantitative estimate of drug-likeness (QED) is 0.642. The lowest BCUT2D eigenvalue weighted by molar-refractivity contribution is -0.125. The van der Waals surface area contributed by atoms with Gasteiger partial charge >= 0.3 is 5.97 Å². The van der Waals surface area contributed by atoms with Crippen molar-refractivity contribution in [3.63, 3.8) is 0 Å². The van der Waals surface area contributed by atoms with Gasteiger partial charge in [-0.25, -0.2) is 4.79 Å². The van der Waals surface area contributed by atoms with Crippen LogP contribution in [-0.4, -0.2) is 24.0 Å². The molecule has 0 heterocycles. The van der Waals surface area contributed by atoms with Gasteiger partial charge in [0.1, 0.15) is 0 Å². The van der Waals surface area contributed by atoms with E-state index in [4.69, 9.17) is 10.5 Å². The molecule has 0 aliphatic carbocycles. The molecule has 19 heavy (non-hydrogen) atoms. The third-order valence-corrected chi connectivity index (χ3v) is 2.35. The smallest absolute Gasteiger partial charge is 0.338 e. The Bertz CT molecular complexity index is 490. The molecular weight excluding hydrogens is 244 g/mol. The third-order valence-electron chi connectivity index (χ3n) is 2.35. The van der Waals surface area contributed by atoms with Crippen LogP contribution >= 0.6 is 0 Å². The molecule has 1 aromatic carbocycles. The van der Waals surface area contributed by atoms with Crippen LogP contribution in [0.1, 0.15) is 36.7 Å². The topological polar surface area (TPSA) is 81.4 Å². The summed E-state index contributed by atoms with van der Waals surface area (Å²) in [4.78, 5) is 23.2. The van der Waals surface area contributed by atoms with Gasteiger partial charge in [-0.05, 0) is 51.5 Å². The van der Waals surface area contributed by atoms with Gasteiger partial charge in [-0.15, -0.1) is 0 Å². The molecule has 0 saturated carbocycles. The third kappa shape index (κ3) is 4.99. The van der Waals surface area contributed by atoms with Crippen LogP contribution in [-0.2, 0) is 9.53 Å². The minimum absolute atomic E-state index is 0.292. The Morgan fingerprint density at radius 1 is 1.32 bits per heavy atom. The molecule has 1 amide bonds. The van der Waals surface area contributed by atoms with E-state index in [2.05, 4.69) is 5.32 Å². The zero-order valence-electron chi connectivity index (χ0n) is 11.7. The van der Waals surface area contributed by atoms with E-state index in [1.165, 1.54) is 0 Å². The van der Waals surface area contributed by atoms with Crippen molar-refractivity contribution in [2.24, 2.45) is 0 Å². The maximum Gasteiger partial charge on any atom is 0.338 e. The Labute approximate surface area is 113 Å². The number of ether oxygens (including phenoxy) is 1. The van der Waals surface area contributed by atoms with Crippen molar-refractivity contribution < 1.29 is 14.3 Å². The van der Waals surface area contributed by atoms with E-state index >= 15 is 0 Å². The largest absolute Gasteiger partial charge is 0.452 e.